The first-order valence-electron chi connectivity index (χ1n) is 11.8. The van der Waals surface area contributed by atoms with Gasteiger partial charge >= 0.3 is 6.09 Å². The van der Waals surface area contributed by atoms with Crippen LogP contribution in [-0.4, -0.2) is 65.9 Å². The van der Waals surface area contributed by atoms with Gasteiger partial charge in [-0.3, -0.25) is 4.57 Å². The average molecular weight is 481 g/mol. The van der Waals surface area contributed by atoms with Crippen LogP contribution >= 0.6 is 0 Å². The lowest BCUT2D eigenvalue weighted by molar-refractivity contribution is 0.0925. The number of fused-ring (bicyclic) bond motifs is 3. The van der Waals surface area contributed by atoms with E-state index in [0.29, 0.717) is 42.4 Å². The first-order chi connectivity index (χ1) is 16.3. The van der Waals surface area contributed by atoms with Crippen molar-refractivity contribution in [2.24, 2.45) is 0 Å². The van der Waals surface area contributed by atoms with Gasteiger partial charge in [-0.1, -0.05) is 19.6 Å². The zero-order valence-electron chi connectivity index (χ0n) is 20.3. The Morgan fingerprint density at radius 2 is 2.21 bits per heavy atom. The summed E-state index contributed by atoms with van der Waals surface area (Å²) in [7, 11) is -1.22. The highest BCUT2D eigenvalue weighted by molar-refractivity contribution is 6.76. The Bertz CT molecular complexity index is 1220. The second kappa shape index (κ2) is 10.1. The number of carbonyl (C=O) groups excluding carboxylic acids is 1. The van der Waals surface area contributed by atoms with Crippen molar-refractivity contribution in [1.29, 1.82) is 5.26 Å². The van der Waals surface area contributed by atoms with Crippen LogP contribution in [0.5, 0.6) is 5.75 Å². The third-order valence-corrected chi connectivity index (χ3v) is 7.87. The van der Waals surface area contributed by atoms with Gasteiger partial charge in [0.05, 0.1) is 17.1 Å². The molecule has 3 aromatic heterocycles. The number of aromatic nitrogens is 3. The van der Waals surface area contributed by atoms with Crippen LogP contribution in [0.1, 0.15) is 19.0 Å². The summed E-state index contributed by atoms with van der Waals surface area (Å²) in [5.41, 5.74) is 1.71. The predicted molar refractivity (Wildman–Crippen MR) is 134 cm³/mol. The Hall–Kier alpha value is -3.00. The summed E-state index contributed by atoms with van der Waals surface area (Å²) in [5.74, 6) is 0.417. The Labute approximate surface area is 200 Å². The van der Waals surface area contributed by atoms with Crippen LogP contribution in [0.4, 0.5) is 4.79 Å². The fourth-order valence-corrected chi connectivity index (χ4v) is 5.03. The standard InChI is InChI=1S/C24H32N6O3Si/c1-5-29(18-6-8-26-14-18)24(31)33-21-7-9-27-23-22(21)19-12-17(13-25)28-15-20(19)30(23)16-32-10-11-34(2,3)4/h7,9,12,15,18,26H,5-6,8,10-11,14,16H2,1-4H3. The number of hydrogen-bond donors (Lipinski definition) is 1. The average Bonchev–Trinajstić information content (AvgIpc) is 3.43. The molecule has 4 heterocycles. The first-order valence-corrected chi connectivity index (χ1v) is 15.5. The fraction of sp³-hybridized carbons (Fsp3) is 0.500. The molecule has 1 unspecified atom stereocenters. The molecular weight excluding hydrogens is 448 g/mol. The van der Waals surface area contributed by atoms with Crippen LogP contribution in [0, 0.1) is 11.3 Å². The van der Waals surface area contributed by atoms with Gasteiger partial charge in [0.1, 0.15) is 29.9 Å². The maximum Gasteiger partial charge on any atom is 0.415 e. The molecular formula is C24H32N6O3Si. The molecule has 0 aromatic carbocycles. The van der Waals surface area contributed by atoms with Crippen LogP contribution in [0.3, 0.4) is 0 Å². The summed E-state index contributed by atoms with van der Waals surface area (Å²) in [4.78, 5) is 23.7. The zero-order chi connectivity index (χ0) is 24.3. The number of nitrogens with one attached hydrogen (secondary N) is 1. The molecule has 0 aliphatic carbocycles. The van der Waals surface area contributed by atoms with Crippen molar-refractivity contribution in [3.63, 3.8) is 0 Å². The van der Waals surface area contributed by atoms with Crippen LogP contribution in [0.2, 0.25) is 25.7 Å². The molecule has 9 nitrogen and oxygen atoms in total. The molecule has 0 bridgehead atoms. The lowest BCUT2D eigenvalue weighted by Gasteiger charge is -2.26. The maximum atomic E-state index is 13.1. The molecule has 0 radical (unpaired) electrons. The van der Waals surface area contributed by atoms with E-state index >= 15 is 0 Å². The van der Waals surface area contributed by atoms with Gasteiger partial charge in [0, 0.05) is 51.5 Å². The number of likely N-dealkylation sites (N-methyl/N-ethyl adjacent to an activating group) is 1. The minimum atomic E-state index is -1.22. The minimum absolute atomic E-state index is 0.116. The number of pyridine rings is 2. The normalized spacial score (nSPS) is 16.1. The highest BCUT2D eigenvalue weighted by Gasteiger charge is 2.28. The van der Waals surface area contributed by atoms with E-state index in [0.717, 1.165) is 36.5 Å². The smallest absolute Gasteiger partial charge is 0.409 e. The molecule has 1 fully saturated rings. The van der Waals surface area contributed by atoms with E-state index in [1.54, 1.807) is 29.4 Å². The predicted octanol–water partition coefficient (Wildman–Crippen LogP) is 3.95. The molecule has 0 saturated carbocycles. The number of nitriles is 1. The van der Waals surface area contributed by atoms with E-state index < -0.39 is 8.07 Å². The van der Waals surface area contributed by atoms with Gasteiger partial charge in [-0.2, -0.15) is 5.26 Å². The van der Waals surface area contributed by atoms with Crippen LogP contribution in [0.25, 0.3) is 21.9 Å². The molecule has 1 aliphatic rings. The molecule has 3 aromatic rings. The molecule has 10 heteroatoms. The largest absolute Gasteiger partial charge is 0.415 e. The van der Waals surface area contributed by atoms with E-state index in [9.17, 15) is 10.1 Å². The zero-order valence-corrected chi connectivity index (χ0v) is 21.3. The summed E-state index contributed by atoms with van der Waals surface area (Å²) in [6, 6.07) is 6.68. The van der Waals surface area contributed by atoms with Crippen molar-refractivity contribution in [1.82, 2.24) is 24.8 Å². The van der Waals surface area contributed by atoms with Gasteiger partial charge in [-0.05, 0) is 32.0 Å². The summed E-state index contributed by atoms with van der Waals surface area (Å²) in [6.45, 7) is 12.1. The van der Waals surface area contributed by atoms with E-state index in [-0.39, 0.29) is 12.1 Å². The number of ether oxygens (including phenoxy) is 2. The van der Waals surface area contributed by atoms with Crippen LogP contribution in [-0.2, 0) is 11.5 Å². The molecule has 4 rings (SSSR count). The van der Waals surface area contributed by atoms with Gasteiger partial charge in [0.15, 0.2) is 0 Å². The Kier molecular flexibility index (Phi) is 7.16. The van der Waals surface area contributed by atoms with Gasteiger partial charge in [-0.25, -0.2) is 14.8 Å². The van der Waals surface area contributed by atoms with E-state index in [1.165, 1.54) is 0 Å². The summed E-state index contributed by atoms with van der Waals surface area (Å²) in [5, 5.41) is 14.2. The topological polar surface area (TPSA) is 105 Å². The highest BCUT2D eigenvalue weighted by atomic mass is 28.3. The summed E-state index contributed by atoms with van der Waals surface area (Å²) < 4.78 is 13.9. The van der Waals surface area contributed by atoms with Crippen molar-refractivity contribution in [3.05, 3.63) is 30.2 Å². The maximum absolute atomic E-state index is 13.1. The van der Waals surface area contributed by atoms with Crippen LogP contribution in [0.15, 0.2) is 24.5 Å². The SMILES string of the molecule is CCN(C(=O)Oc1ccnc2c1c1cc(C#N)ncc1n2COCC[Si](C)(C)C)C1CCNC1. The highest BCUT2D eigenvalue weighted by Crippen LogP contribution is 2.35. The van der Waals surface area contributed by atoms with Crippen molar-refractivity contribution >= 4 is 36.1 Å². The Morgan fingerprint density at radius 3 is 2.88 bits per heavy atom. The number of carbonyl (C=O) groups is 1. The Balaban J connectivity index is 1.71. The van der Waals surface area contributed by atoms with E-state index in [1.807, 2.05) is 11.5 Å². The monoisotopic (exact) mass is 480 g/mol. The van der Waals surface area contributed by atoms with Gasteiger partial charge in [0.25, 0.3) is 0 Å². The summed E-state index contributed by atoms with van der Waals surface area (Å²) in [6.07, 6.45) is 3.81. The number of rotatable bonds is 8. The van der Waals surface area contributed by atoms with Crippen molar-refractivity contribution < 1.29 is 14.3 Å². The fourth-order valence-electron chi connectivity index (χ4n) is 4.27. The van der Waals surface area contributed by atoms with Crippen molar-refractivity contribution in [2.45, 2.75) is 51.8 Å². The van der Waals surface area contributed by atoms with Crippen molar-refractivity contribution in [3.8, 4) is 11.8 Å². The van der Waals surface area contributed by atoms with Crippen molar-refractivity contribution in [2.75, 3.05) is 26.2 Å². The third-order valence-electron chi connectivity index (χ3n) is 6.17. The van der Waals surface area contributed by atoms with Gasteiger partial charge in [-0.15, -0.1) is 0 Å². The molecule has 180 valence electrons. The van der Waals surface area contributed by atoms with E-state index in [2.05, 4.69) is 41.0 Å². The van der Waals surface area contributed by atoms with Crippen LogP contribution < -0.4 is 10.1 Å². The first kappa shape index (κ1) is 24.1. The molecule has 1 aliphatic heterocycles. The lowest BCUT2D eigenvalue weighted by Crippen LogP contribution is -2.43. The minimum Gasteiger partial charge on any atom is -0.409 e. The molecule has 34 heavy (non-hydrogen) atoms. The van der Waals surface area contributed by atoms with Gasteiger partial charge in [0.2, 0.25) is 0 Å². The summed E-state index contributed by atoms with van der Waals surface area (Å²) >= 11 is 0. The molecule has 1 amide bonds. The molecule has 0 spiro atoms. The quantitative estimate of drug-likeness (QED) is 0.384. The molecule has 1 saturated heterocycles. The number of hydrogen-bond acceptors (Lipinski definition) is 7. The van der Waals surface area contributed by atoms with Gasteiger partial charge < -0.3 is 19.7 Å². The second-order valence-electron chi connectivity index (χ2n) is 9.78. The van der Waals surface area contributed by atoms with E-state index in [4.69, 9.17) is 9.47 Å². The number of amides is 1. The lowest BCUT2D eigenvalue weighted by atomic mass is 10.2. The molecule has 1 N–H and O–H groups in total. The number of nitrogens with zero attached hydrogens (tertiary/aromatic N) is 5. The molecule has 1 atom stereocenters. The second-order valence-corrected chi connectivity index (χ2v) is 15.4. The third kappa shape index (κ3) is 5.06. The Morgan fingerprint density at radius 1 is 1.38 bits per heavy atom.